The van der Waals surface area contributed by atoms with Gasteiger partial charge in [0.2, 0.25) is 0 Å². The van der Waals surface area contributed by atoms with Crippen LogP contribution in [0.4, 0.5) is 10.2 Å². The van der Waals surface area contributed by atoms with Crippen LogP contribution in [0.15, 0.2) is 34.9 Å². The Hall–Kier alpha value is -3.03. The number of halogens is 1. The second kappa shape index (κ2) is 5.16. The van der Waals surface area contributed by atoms with Crippen molar-refractivity contribution in [1.29, 1.82) is 0 Å². The first-order valence-electron chi connectivity index (χ1n) is 6.05. The van der Waals surface area contributed by atoms with Crippen molar-refractivity contribution in [2.24, 2.45) is 0 Å². The third kappa shape index (κ3) is 2.64. The largest absolute Gasteiger partial charge is 0.360 e. The summed E-state index contributed by atoms with van der Waals surface area (Å²) in [6, 6.07) is 7.18. The van der Waals surface area contributed by atoms with Gasteiger partial charge in [0.05, 0.1) is 0 Å². The van der Waals surface area contributed by atoms with E-state index >= 15 is 0 Å². The van der Waals surface area contributed by atoms with Gasteiger partial charge in [0, 0.05) is 11.6 Å². The number of hydrogen-bond donors (Lipinski definition) is 2. The molecular formula is C13H10FN5O2. The standard InChI is InChI=1S/C13H10FN5O2/c1-7-6-10(18-21-7)15-13(20)12-11(16-19-17-12)8-2-4-9(14)5-3-8/h2-6H,1H3,(H,15,18,20)(H,16,17,19). The molecule has 0 spiro atoms. The minimum atomic E-state index is -0.489. The van der Waals surface area contributed by atoms with Crippen molar-refractivity contribution in [1.82, 2.24) is 20.6 Å². The van der Waals surface area contributed by atoms with Crippen molar-refractivity contribution in [2.75, 3.05) is 5.32 Å². The summed E-state index contributed by atoms with van der Waals surface area (Å²) in [6.07, 6.45) is 0. The van der Waals surface area contributed by atoms with Crippen molar-refractivity contribution in [3.63, 3.8) is 0 Å². The van der Waals surface area contributed by atoms with Crippen LogP contribution in [0.5, 0.6) is 0 Å². The minimum absolute atomic E-state index is 0.0854. The second-order valence-electron chi connectivity index (χ2n) is 4.30. The number of amides is 1. The van der Waals surface area contributed by atoms with Crippen molar-refractivity contribution >= 4 is 11.7 Å². The topological polar surface area (TPSA) is 96.7 Å². The summed E-state index contributed by atoms with van der Waals surface area (Å²) < 4.78 is 17.8. The number of benzene rings is 1. The molecule has 0 fully saturated rings. The Morgan fingerprint density at radius 2 is 2.05 bits per heavy atom. The fraction of sp³-hybridized carbons (Fsp3) is 0.0769. The van der Waals surface area contributed by atoms with E-state index < -0.39 is 5.91 Å². The maximum atomic E-state index is 12.9. The molecule has 21 heavy (non-hydrogen) atoms. The predicted octanol–water partition coefficient (Wildman–Crippen LogP) is 2.16. The van der Waals surface area contributed by atoms with Crippen LogP contribution >= 0.6 is 0 Å². The number of nitrogens with one attached hydrogen (secondary N) is 2. The van der Waals surface area contributed by atoms with Gasteiger partial charge in [-0.05, 0) is 31.2 Å². The third-order valence-electron chi connectivity index (χ3n) is 2.75. The Labute approximate surface area is 118 Å². The lowest BCUT2D eigenvalue weighted by Gasteiger charge is -2.01. The molecule has 106 valence electrons. The van der Waals surface area contributed by atoms with E-state index in [9.17, 15) is 9.18 Å². The highest BCUT2D eigenvalue weighted by Crippen LogP contribution is 2.20. The van der Waals surface area contributed by atoms with Gasteiger partial charge in [0.15, 0.2) is 11.5 Å². The lowest BCUT2D eigenvalue weighted by Crippen LogP contribution is -2.13. The van der Waals surface area contributed by atoms with Crippen molar-refractivity contribution in [2.45, 2.75) is 6.92 Å². The number of rotatable bonds is 3. The van der Waals surface area contributed by atoms with Crippen molar-refractivity contribution in [3.05, 3.63) is 47.6 Å². The highest BCUT2D eigenvalue weighted by atomic mass is 19.1. The molecular weight excluding hydrogens is 277 g/mol. The molecule has 1 aromatic carbocycles. The molecule has 0 bridgehead atoms. The predicted molar refractivity (Wildman–Crippen MR) is 71.0 cm³/mol. The summed E-state index contributed by atoms with van der Waals surface area (Å²) in [6.45, 7) is 1.71. The number of aryl methyl sites for hydroxylation is 1. The van der Waals surface area contributed by atoms with E-state index in [1.54, 1.807) is 13.0 Å². The van der Waals surface area contributed by atoms with Crippen LogP contribution in [-0.2, 0) is 0 Å². The van der Waals surface area contributed by atoms with E-state index in [1.807, 2.05) is 0 Å². The summed E-state index contributed by atoms with van der Waals surface area (Å²) in [5, 5.41) is 16.3. The van der Waals surface area contributed by atoms with Gasteiger partial charge in [-0.15, -0.1) is 0 Å². The number of anilines is 1. The highest BCUT2D eigenvalue weighted by Gasteiger charge is 2.19. The van der Waals surface area contributed by atoms with E-state index in [0.717, 1.165) is 0 Å². The number of carbonyl (C=O) groups is 1. The molecule has 3 rings (SSSR count). The molecule has 2 N–H and O–H groups in total. The number of H-pyrrole nitrogens is 1. The summed E-state index contributed by atoms with van der Waals surface area (Å²) in [5.41, 5.74) is 0.988. The molecule has 0 aliphatic rings. The Bertz CT molecular complexity index is 778. The van der Waals surface area contributed by atoms with E-state index in [4.69, 9.17) is 4.52 Å². The number of nitrogens with zero attached hydrogens (tertiary/aromatic N) is 3. The quantitative estimate of drug-likeness (QED) is 0.769. The van der Waals surface area contributed by atoms with E-state index in [2.05, 4.69) is 25.9 Å². The van der Waals surface area contributed by atoms with Gasteiger partial charge in [-0.1, -0.05) is 5.16 Å². The van der Waals surface area contributed by atoms with Gasteiger partial charge in [0.1, 0.15) is 17.3 Å². The van der Waals surface area contributed by atoms with Crippen LogP contribution in [0.1, 0.15) is 16.2 Å². The Morgan fingerprint density at radius 3 is 2.71 bits per heavy atom. The first kappa shape index (κ1) is 13.0. The van der Waals surface area contributed by atoms with Gasteiger partial charge in [-0.25, -0.2) is 4.39 Å². The van der Waals surface area contributed by atoms with Crippen molar-refractivity contribution in [3.8, 4) is 11.3 Å². The zero-order chi connectivity index (χ0) is 14.8. The smallest absolute Gasteiger partial charge is 0.279 e. The molecule has 0 saturated carbocycles. The molecule has 0 saturated heterocycles. The monoisotopic (exact) mass is 287 g/mol. The average molecular weight is 287 g/mol. The Kier molecular flexibility index (Phi) is 3.19. The van der Waals surface area contributed by atoms with E-state index in [0.29, 0.717) is 17.0 Å². The number of aromatic nitrogens is 4. The molecule has 0 aliphatic carbocycles. The summed E-state index contributed by atoms with van der Waals surface area (Å²) in [5.74, 6) is -0.00235. The number of hydrogen-bond acceptors (Lipinski definition) is 5. The van der Waals surface area contributed by atoms with Crippen LogP contribution in [0.2, 0.25) is 0 Å². The Balaban J connectivity index is 1.88. The lowest BCUT2D eigenvalue weighted by molar-refractivity contribution is 0.102. The third-order valence-corrected chi connectivity index (χ3v) is 2.75. The fourth-order valence-electron chi connectivity index (χ4n) is 1.80. The summed E-state index contributed by atoms with van der Waals surface area (Å²) in [4.78, 5) is 12.2. The van der Waals surface area contributed by atoms with Crippen molar-refractivity contribution < 1.29 is 13.7 Å². The highest BCUT2D eigenvalue weighted by molar-refractivity contribution is 6.06. The fourth-order valence-corrected chi connectivity index (χ4v) is 1.80. The lowest BCUT2D eigenvalue weighted by atomic mass is 10.1. The zero-order valence-electron chi connectivity index (χ0n) is 10.9. The Morgan fingerprint density at radius 1 is 1.29 bits per heavy atom. The molecule has 1 amide bonds. The van der Waals surface area contributed by atoms with Gasteiger partial charge in [0.25, 0.3) is 5.91 Å². The summed E-state index contributed by atoms with van der Waals surface area (Å²) in [7, 11) is 0. The van der Waals surface area contributed by atoms with Crippen LogP contribution in [0.3, 0.4) is 0 Å². The maximum absolute atomic E-state index is 12.9. The molecule has 2 aromatic heterocycles. The van der Waals surface area contributed by atoms with E-state index in [-0.39, 0.29) is 17.3 Å². The molecule has 8 heteroatoms. The average Bonchev–Trinajstić information content (AvgIpc) is 3.09. The SMILES string of the molecule is Cc1cc(NC(=O)c2n[nH]nc2-c2ccc(F)cc2)no1. The van der Waals surface area contributed by atoms with Gasteiger partial charge >= 0.3 is 0 Å². The minimum Gasteiger partial charge on any atom is -0.360 e. The number of carbonyl (C=O) groups excluding carboxylic acids is 1. The summed E-state index contributed by atoms with van der Waals surface area (Å²) >= 11 is 0. The second-order valence-corrected chi connectivity index (χ2v) is 4.30. The molecule has 0 atom stereocenters. The first-order chi connectivity index (χ1) is 10.1. The van der Waals surface area contributed by atoms with Crippen LogP contribution < -0.4 is 5.32 Å². The maximum Gasteiger partial charge on any atom is 0.279 e. The van der Waals surface area contributed by atoms with Gasteiger partial charge in [-0.2, -0.15) is 15.4 Å². The molecule has 7 nitrogen and oxygen atoms in total. The molecule has 2 heterocycles. The normalized spacial score (nSPS) is 10.6. The number of aromatic amines is 1. The van der Waals surface area contributed by atoms with Gasteiger partial charge < -0.3 is 9.84 Å². The van der Waals surface area contributed by atoms with E-state index in [1.165, 1.54) is 24.3 Å². The molecule has 3 aromatic rings. The molecule has 0 aliphatic heterocycles. The zero-order valence-corrected chi connectivity index (χ0v) is 10.9. The van der Waals surface area contributed by atoms with Crippen LogP contribution in [0, 0.1) is 12.7 Å². The first-order valence-corrected chi connectivity index (χ1v) is 6.05. The van der Waals surface area contributed by atoms with Crippen LogP contribution in [-0.4, -0.2) is 26.5 Å². The van der Waals surface area contributed by atoms with Gasteiger partial charge in [-0.3, -0.25) is 4.79 Å². The van der Waals surface area contributed by atoms with Crippen LogP contribution in [0.25, 0.3) is 11.3 Å². The molecule has 0 unspecified atom stereocenters. The molecule has 0 radical (unpaired) electrons.